The lowest BCUT2D eigenvalue weighted by molar-refractivity contribution is 0.383. The molecular weight excluding hydrogens is 422 g/mol. The van der Waals surface area contributed by atoms with Gasteiger partial charge in [-0.05, 0) is 57.7 Å². The highest BCUT2D eigenvalue weighted by Gasteiger charge is 2.41. The molecule has 0 radical (unpaired) electrons. The number of nitrogens with two attached hydrogens (primary N) is 1. The Balaban J connectivity index is 1.50. The molecule has 32 heavy (non-hydrogen) atoms. The van der Waals surface area contributed by atoms with Crippen molar-refractivity contribution in [1.29, 1.82) is 5.26 Å². The van der Waals surface area contributed by atoms with Gasteiger partial charge in [-0.25, -0.2) is 9.97 Å². The SMILES string of the molecule is C[C@H]1CNCCCN1c1nccc(-c2cc([C@@]3(C)CCCc4sc(N)c(C#N)c43)no2)n1. The lowest BCUT2D eigenvalue weighted by Gasteiger charge is -2.32. The van der Waals surface area contributed by atoms with Crippen LogP contribution in [-0.2, 0) is 11.8 Å². The van der Waals surface area contributed by atoms with Crippen LogP contribution in [0, 0.1) is 11.3 Å². The van der Waals surface area contributed by atoms with Gasteiger partial charge in [-0.2, -0.15) is 5.26 Å². The average Bonchev–Trinajstić information content (AvgIpc) is 3.35. The molecule has 2 aliphatic rings. The topological polar surface area (TPSA) is 117 Å². The van der Waals surface area contributed by atoms with Gasteiger partial charge in [0.2, 0.25) is 5.95 Å². The lowest BCUT2D eigenvalue weighted by Crippen LogP contribution is -2.38. The first-order valence-electron chi connectivity index (χ1n) is 11.1. The summed E-state index contributed by atoms with van der Waals surface area (Å²) in [6.07, 6.45) is 5.69. The van der Waals surface area contributed by atoms with E-state index in [0.29, 0.717) is 34.0 Å². The molecule has 0 saturated carbocycles. The number of fused-ring (bicyclic) bond motifs is 1. The Hall–Kier alpha value is -2.96. The number of nitrogen functional groups attached to an aromatic ring is 1. The summed E-state index contributed by atoms with van der Waals surface area (Å²) in [6.45, 7) is 7.14. The minimum Gasteiger partial charge on any atom is -0.389 e. The monoisotopic (exact) mass is 449 g/mol. The van der Waals surface area contributed by atoms with Gasteiger partial charge >= 0.3 is 0 Å². The molecule has 1 aliphatic carbocycles. The Bertz CT molecular complexity index is 1180. The molecule has 0 bridgehead atoms. The molecule has 5 rings (SSSR count). The van der Waals surface area contributed by atoms with Gasteiger partial charge in [-0.15, -0.1) is 11.3 Å². The summed E-state index contributed by atoms with van der Waals surface area (Å²) in [5, 5.41) is 18.2. The van der Waals surface area contributed by atoms with E-state index in [-0.39, 0.29) is 0 Å². The molecule has 8 nitrogen and oxygen atoms in total. The number of anilines is 2. The number of hydrogen-bond donors (Lipinski definition) is 2. The van der Waals surface area contributed by atoms with Gasteiger partial charge in [-0.3, -0.25) is 0 Å². The molecule has 1 saturated heterocycles. The third kappa shape index (κ3) is 3.44. The van der Waals surface area contributed by atoms with Crippen LogP contribution in [0.2, 0.25) is 0 Å². The normalized spacial score (nSPS) is 23.4. The molecule has 1 aliphatic heterocycles. The van der Waals surface area contributed by atoms with Crippen molar-refractivity contribution in [1.82, 2.24) is 20.4 Å². The van der Waals surface area contributed by atoms with E-state index in [1.54, 1.807) is 6.20 Å². The minimum atomic E-state index is -0.407. The molecule has 0 unspecified atom stereocenters. The van der Waals surface area contributed by atoms with E-state index < -0.39 is 5.41 Å². The van der Waals surface area contributed by atoms with Gasteiger partial charge in [0.15, 0.2) is 5.76 Å². The highest BCUT2D eigenvalue weighted by Crippen LogP contribution is 2.48. The van der Waals surface area contributed by atoms with Crippen LogP contribution in [0.25, 0.3) is 11.5 Å². The van der Waals surface area contributed by atoms with Crippen molar-refractivity contribution < 1.29 is 4.52 Å². The van der Waals surface area contributed by atoms with Crippen LogP contribution < -0.4 is 16.0 Å². The Morgan fingerprint density at radius 1 is 1.41 bits per heavy atom. The third-order valence-electron chi connectivity index (χ3n) is 6.70. The minimum absolute atomic E-state index is 0.311. The predicted molar refractivity (Wildman–Crippen MR) is 125 cm³/mol. The van der Waals surface area contributed by atoms with E-state index in [0.717, 1.165) is 56.6 Å². The number of aromatic nitrogens is 3. The fourth-order valence-electron chi connectivity index (χ4n) is 4.94. The number of nitrogens with one attached hydrogen (secondary N) is 1. The van der Waals surface area contributed by atoms with Crippen LogP contribution in [-0.4, -0.2) is 40.8 Å². The molecular formula is C23H27N7OS. The highest BCUT2D eigenvalue weighted by atomic mass is 32.1. The van der Waals surface area contributed by atoms with Crippen LogP contribution in [0.1, 0.15) is 54.8 Å². The Morgan fingerprint density at radius 3 is 3.12 bits per heavy atom. The van der Waals surface area contributed by atoms with Gasteiger partial charge < -0.3 is 20.5 Å². The fraction of sp³-hybridized carbons (Fsp3) is 0.478. The molecule has 2 atom stereocenters. The van der Waals surface area contributed by atoms with Gasteiger partial charge in [0.1, 0.15) is 16.8 Å². The molecule has 1 fully saturated rings. The van der Waals surface area contributed by atoms with Gasteiger partial charge in [-0.1, -0.05) is 5.16 Å². The Labute approximate surface area is 191 Å². The molecule has 3 aromatic rings. The van der Waals surface area contributed by atoms with Crippen molar-refractivity contribution in [3.8, 4) is 17.5 Å². The molecule has 0 aromatic carbocycles. The van der Waals surface area contributed by atoms with Crippen molar-refractivity contribution in [3.05, 3.63) is 40.0 Å². The fourth-order valence-corrected chi connectivity index (χ4v) is 6.14. The van der Waals surface area contributed by atoms with Crippen molar-refractivity contribution in [2.75, 3.05) is 30.3 Å². The second-order valence-corrected chi connectivity index (χ2v) is 9.99. The average molecular weight is 450 g/mol. The molecule has 4 heterocycles. The van der Waals surface area contributed by atoms with Crippen molar-refractivity contribution >= 4 is 22.3 Å². The summed E-state index contributed by atoms with van der Waals surface area (Å²) >= 11 is 1.53. The second-order valence-electron chi connectivity index (χ2n) is 8.86. The molecule has 0 spiro atoms. The number of aryl methyl sites for hydroxylation is 1. The zero-order chi connectivity index (χ0) is 22.3. The van der Waals surface area contributed by atoms with Gasteiger partial charge in [0.25, 0.3) is 0 Å². The predicted octanol–water partition coefficient (Wildman–Crippen LogP) is 3.48. The number of rotatable bonds is 3. The van der Waals surface area contributed by atoms with E-state index in [1.807, 2.05) is 12.1 Å². The summed E-state index contributed by atoms with van der Waals surface area (Å²) in [5.41, 5.74) is 8.89. The van der Waals surface area contributed by atoms with E-state index >= 15 is 0 Å². The zero-order valence-corrected chi connectivity index (χ0v) is 19.2. The summed E-state index contributed by atoms with van der Waals surface area (Å²) in [6, 6.07) is 6.44. The van der Waals surface area contributed by atoms with Crippen molar-refractivity contribution in [2.24, 2.45) is 0 Å². The number of hydrogen-bond acceptors (Lipinski definition) is 9. The Morgan fingerprint density at radius 2 is 2.28 bits per heavy atom. The molecule has 9 heteroatoms. The molecule has 0 amide bonds. The molecule has 3 N–H and O–H groups in total. The standard InChI is InChI=1S/C23H27N7OS/c1-14-13-26-8-4-10-30(14)22-27-9-6-16(28-22)17-11-19(29-31-17)23(2)7-3-5-18-20(23)15(12-24)21(25)32-18/h6,9,11,14,26H,3-5,7-8,10,13,25H2,1-2H3/t14-,23+/m0/s1. The maximum atomic E-state index is 9.73. The maximum Gasteiger partial charge on any atom is 0.226 e. The Kier molecular flexibility index (Phi) is 5.35. The summed E-state index contributed by atoms with van der Waals surface area (Å²) in [4.78, 5) is 12.8. The van der Waals surface area contributed by atoms with Gasteiger partial charge in [0, 0.05) is 41.7 Å². The number of thiophene rings is 1. The summed E-state index contributed by atoms with van der Waals surface area (Å²) in [7, 11) is 0. The largest absolute Gasteiger partial charge is 0.389 e. The van der Waals surface area contributed by atoms with Crippen LogP contribution >= 0.6 is 11.3 Å². The summed E-state index contributed by atoms with van der Waals surface area (Å²) < 4.78 is 5.78. The van der Waals surface area contributed by atoms with Crippen LogP contribution in [0.5, 0.6) is 0 Å². The van der Waals surface area contributed by atoms with Crippen LogP contribution in [0.3, 0.4) is 0 Å². The third-order valence-corrected chi connectivity index (χ3v) is 7.78. The molecule has 3 aromatic heterocycles. The smallest absolute Gasteiger partial charge is 0.226 e. The first kappa shape index (κ1) is 20.9. The number of nitrogens with zero attached hydrogens (tertiary/aromatic N) is 5. The first-order valence-corrected chi connectivity index (χ1v) is 11.9. The van der Waals surface area contributed by atoms with E-state index in [2.05, 4.69) is 40.3 Å². The van der Waals surface area contributed by atoms with Crippen LogP contribution in [0.15, 0.2) is 22.9 Å². The van der Waals surface area contributed by atoms with Crippen molar-refractivity contribution in [3.63, 3.8) is 0 Å². The maximum absolute atomic E-state index is 9.73. The lowest BCUT2D eigenvalue weighted by atomic mass is 9.70. The first-order chi connectivity index (χ1) is 15.5. The van der Waals surface area contributed by atoms with E-state index in [9.17, 15) is 5.26 Å². The van der Waals surface area contributed by atoms with E-state index in [1.165, 1.54) is 16.2 Å². The highest BCUT2D eigenvalue weighted by molar-refractivity contribution is 7.16. The summed E-state index contributed by atoms with van der Waals surface area (Å²) in [5.74, 6) is 1.32. The quantitative estimate of drug-likeness (QED) is 0.624. The van der Waals surface area contributed by atoms with Crippen LogP contribution in [0.4, 0.5) is 10.9 Å². The number of nitriles is 1. The van der Waals surface area contributed by atoms with Crippen molar-refractivity contribution in [2.45, 2.75) is 51.0 Å². The van der Waals surface area contributed by atoms with E-state index in [4.69, 9.17) is 15.2 Å². The molecule has 166 valence electrons. The second kappa shape index (κ2) is 8.19. The van der Waals surface area contributed by atoms with Gasteiger partial charge in [0.05, 0.1) is 11.3 Å². The zero-order valence-electron chi connectivity index (χ0n) is 18.4.